The Morgan fingerprint density at radius 2 is 2.14 bits per heavy atom. The molecule has 4 rings (SSSR count). The number of fused-ring (bicyclic) bond motifs is 3. The van der Waals surface area contributed by atoms with Crippen LogP contribution in [0.5, 0.6) is 0 Å². The fraction of sp³-hybridized carbons (Fsp3) is 0.889. The van der Waals surface area contributed by atoms with Crippen molar-refractivity contribution < 1.29 is 23.7 Å². The molecule has 0 amide bonds. The second-order valence-electron chi connectivity index (χ2n) is 4.26. The van der Waals surface area contributed by atoms with E-state index in [0.29, 0.717) is 6.61 Å². The molecule has 0 radical (unpaired) electrons. The second kappa shape index (κ2) is 2.29. The summed E-state index contributed by atoms with van der Waals surface area (Å²) in [6.07, 6.45) is -0.164. The van der Waals surface area contributed by atoms with Crippen LogP contribution in [0.25, 0.3) is 0 Å². The van der Waals surface area contributed by atoms with Crippen molar-refractivity contribution in [3.05, 3.63) is 0 Å². The van der Waals surface area contributed by atoms with Gasteiger partial charge < -0.3 is 18.9 Å². The quantitative estimate of drug-likeness (QED) is 0.482. The molecule has 1 saturated carbocycles. The molecule has 0 aromatic rings. The minimum Gasteiger partial charge on any atom is -0.459 e. The van der Waals surface area contributed by atoms with Crippen LogP contribution in [0.3, 0.4) is 0 Å². The van der Waals surface area contributed by atoms with Gasteiger partial charge in [0, 0.05) is 5.92 Å². The van der Waals surface area contributed by atoms with Crippen LogP contribution < -0.4 is 0 Å². The molecular weight excluding hydrogens is 188 g/mol. The highest BCUT2D eigenvalue weighted by Gasteiger charge is 2.73. The lowest BCUT2D eigenvalue weighted by molar-refractivity contribution is -0.260. The summed E-state index contributed by atoms with van der Waals surface area (Å²) in [6, 6.07) is 0. The summed E-state index contributed by atoms with van der Waals surface area (Å²) in [6.45, 7) is 0.829. The average Bonchev–Trinajstić information content (AvgIpc) is 2.79. The van der Waals surface area contributed by atoms with Crippen molar-refractivity contribution in [1.82, 2.24) is 0 Å². The van der Waals surface area contributed by atoms with Gasteiger partial charge in [0.05, 0.1) is 18.6 Å². The maximum atomic E-state index is 11.3. The zero-order valence-corrected chi connectivity index (χ0v) is 7.42. The van der Waals surface area contributed by atoms with E-state index in [1.54, 1.807) is 0 Å². The first-order chi connectivity index (χ1) is 6.86. The minimum atomic E-state index is -0.112. The van der Waals surface area contributed by atoms with Crippen LogP contribution >= 0.6 is 0 Å². The van der Waals surface area contributed by atoms with Crippen molar-refractivity contribution in [1.29, 1.82) is 0 Å². The summed E-state index contributed by atoms with van der Waals surface area (Å²) in [5, 5.41) is 0. The molecule has 0 bridgehead atoms. The number of hydrogen-bond acceptors (Lipinski definition) is 5. The number of rotatable bonds is 0. The molecule has 3 heterocycles. The van der Waals surface area contributed by atoms with Crippen molar-refractivity contribution >= 4 is 5.97 Å². The van der Waals surface area contributed by atoms with E-state index >= 15 is 0 Å². The fourth-order valence-corrected chi connectivity index (χ4v) is 2.86. The summed E-state index contributed by atoms with van der Waals surface area (Å²) in [5.74, 6) is 0.120. The summed E-state index contributed by atoms with van der Waals surface area (Å²) in [7, 11) is 0. The van der Waals surface area contributed by atoms with Crippen LogP contribution in [0.1, 0.15) is 0 Å². The van der Waals surface area contributed by atoms with E-state index in [1.165, 1.54) is 0 Å². The standard InChI is InChI=1S/C9H10O5/c10-9-5-4-7(5)13-3-1-11-2-12-6(3)8(4)14-9/h3-8H,1-2H2/t3-,4-,5+,6?,7?,8-/m1/s1. The lowest BCUT2D eigenvalue weighted by atomic mass is 10.0. The lowest BCUT2D eigenvalue weighted by Crippen LogP contribution is -2.53. The van der Waals surface area contributed by atoms with Crippen LogP contribution in [0.15, 0.2) is 0 Å². The van der Waals surface area contributed by atoms with Crippen molar-refractivity contribution in [3.63, 3.8) is 0 Å². The molecule has 14 heavy (non-hydrogen) atoms. The molecule has 5 heteroatoms. The van der Waals surface area contributed by atoms with Crippen LogP contribution in [-0.4, -0.2) is 43.8 Å². The molecule has 0 N–H and O–H groups in total. The monoisotopic (exact) mass is 198 g/mol. The van der Waals surface area contributed by atoms with Gasteiger partial charge in [0.15, 0.2) is 0 Å². The topological polar surface area (TPSA) is 54.0 Å². The highest BCUT2D eigenvalue weighted by Crippen LogP contribution is 2.56. The van der Waals surface area contributed by atoms with Crippen molar-refractivity contribution in [2.75, 3.05) is 13.4 Å². The van der Waals surface area contributed by atoms with Gasteiger partial charge in [0.1, 0.15) is 25.1 Å². The number of ether oxygens (including phenoxy) is 4. The Hall–Kier alpha value is -0.650. The maximum absolute atomic E-state index is 11.3. The Morgan fingerprint density at radius 3 is 3.07 bits per heavy atom. The van der Waals surface area contributed by atoms with Crippen molar-refractivity contribution in [2.45, 2.75) is 24.4 Å². The predicted molar refractivity (Wildman–Crippen MR) is 41.2 cm³/mol. The lowest BCUT2D eigenvalue weighted by Gasteiger charge is -2.39. The molecule has 0 spiro atoms. The zero-order valence-electron chi connectivity index (χ0n) is 7.42. The van der Waals surface area contributed by atoms with E-state index in [-0.39, 0.29) is 49.0 Å². The first-order valence-electron chi connectivity index (χ1n) is 4.91. The summed E-state index contributed by atoms with van der Waals surface area (Å²) >= 11 is 0. The highest BCUT2D eigenvalue weighted by molar-refractivity contribution is 5.80. The summed E-state index contributed by atoms with van der Waals surface area (Å²) < 4.78 is 21.6. The first-order valence-corrected chi connectivity index (χ1v) is 4.91. The van der Waals surface area contributed by atoms with E-state index in [9.17, 15) is 4.79 Å². The smallest absolute Gasteiger partial charge is 0.312 e. The molecule has 3 saturated heterocycles. The van der Waals surface area contributed by atoms with E-state index in [4.69, 9.17) is 18.9 Å². The summed E-state index contributed by atoms with van der Waals surface area (Å²) in [5.41, 5.74) is 0. The molecular formula is C9H10O5. The van der Waals surface area contributed by atoms with Crippen LogP contribution in [0.2, 0.25) is 0 Å². The summed E-state index contributed by atoms with van der Waals surface area (Å²) in [4.78, 5) is 11.3. The highest BCUT2D eigenvalue weighted by atomic mass is 16.7. The number of carbonyl (C=O) groups excluding carboxylic acids is 1. The van der Waals surface area contributed by atoms with Gasteiger partial charge in [-0.05, 0) is 0 Å². The number of esters is 1. The van der Waals surface area contributed by atoms with Gasteiger partial charge in [-0.25, -0.2) is 0 Å². The molecule has 4 fully saturated rings. The molecule has 5 nitrogen and oxygen atoms in total. The van der Waals surface area contributed by atoms with Gasteiger partial charge in [0.25, 0.3) is 0 Å². The molecule has 1 aliphatic carbocycles. The second-order valence-corrected chi connectivity index (χ2v) is 4.26. The van der Waals surface area contributed by atoms with Gasteiger partial charge in [0.2, 0.25) is 0 Å². The molecule has 76 valence electrons. The Kier molecular flexibility index (Phi) is 1.25. The van der Waals surface area contributed by atoms with Crippen molar-refractivity contribution in [2.24, 2.45) is 11.8 Å². The SMILES string of the molecule is O=C1O[C@H]2C3OCOC[C@H]3OC3[C@H]2[C@H]13. The van der Waals surface area contributed by atoms with Gasteiger partial charge in [-0.1, -0.05) is 0 Å². The third kappa shape index (κ3) is 0.747. The minimum absolute atomic E-state index is 0.0193. The fourth-order valence-electron chi connectivity index (χ4n) is 2.86. The largest absolute Gasteiger partial charge is 0.459 e. The molecule has 2 unspecified atom stereocenters. The molecule has 3 aliphatic heterocycles. The molecule has 4 aliphatic rings. The molecule has 6 atom stereocenters. The first kappa shape index (κ1) is 7.62. The molecule has 0 aromatic carbocycles. The Labute approximate surface area is 80.3 Å². The van der Waals surface area contributed by atoms with Crippen molar-refractivity contribution in [3.8, 4) is 0 Å². The molecule has 0 aromatic heterocycles. The predicted octanol–water partition coefficient (Wildman–Crippen LogP) is -0.702. The van der Waals surface area contributed by atoms with E-state index < -0.39 is 0 Å². The van der Waals surface area contributed by atoms with Gasteiger partial charge >= 0.3 is 5.97 Å². The van der Waals surface area contributed by atoms with Gasteiger partial charge in [-0.15, -0.1) is 0 Å². The average molecular weight is 198 g/mol. The van der Waals surface area contributed by atoms with Crippen LogP contribution in [0.4, 0.5) is 0 Å². The van der Waals surface area contributed by atoms with Gasteiger partial charge in [-0.3, -0.25) is 4.79 Å². The van der Waals surface area contributed by atoms with Crippen LogP contribution in [0, 0.1) is 11.8 Å². The Bertz CT molecular complexity index is 304. The third-order valence-electron chi connectivity index (χ3n) is 3.56. The zero-order chi connectivity index (χ0) is 9.28. The normalized spacial score (nSPS) is 58.7. The van der Waals surface area contributed by atoms with E-state index in [2.05, 4.69) is 0 Å². The third-order valence-corrected chi connectivity index (χ3v) is 3.56. The Balaban J connectivity index is 1.67. The number of carbonyl (C=O) groups is 1. The van der Waals surface area contributed by atoms with Gasteiger partial charge in [-0.2, -0.15) is 0 Å². The Morgan fingerprint density at radius 1 is 1.21 bits per heavy atom. The van der Waals surface area contributed by atoms with E-state index in [0.717, 1.165) is 0 Å². The number of hydrogen-bond donors (Lipinski definition) is 0. The maximum Gasteiger partial charge on any atom is 0.312 e. The van der Waals surface area contributed by atoms with E-state index in [1.807, 2.05) is 0 Å². The van der Waals surface area contributed by atoms with Crippen LogP contribution in [-0.2, 0) is 23.7 Å².